The number of aromatic nitrogens is 4. The number of anilines is 1. The molecule has 5 rings (SSSR count). The van der Waals surface area contributed by atoms with Gasteiger partial charge in [0.15, 0.2) is 0 Å². The topological polar surface area (TPSA) is 97.3 Å². The third-order valence-corrected chi connectivity index (χ3v) is 5.38. The standard InChI is InChI=1S/C22H23N5O3/c1-28-11-15-4-2-14-3-5-16(10-19(14)26-15)29-12-17-6-7-20(30-17)27-9-8-18-21(23)24-13-25-22(18)27/h2-5,8-10,13,17,20H,6-7,11-12H2,1H3,(H2,23,24,25). The Kier molecular flexibility index (Phi) is 4.94. The Morgan fingerprint density at radius 3 is 2.97 bits per heavy atom. The molecule has 0 spiro atoms. The van der Waals surface area contributed by atoms with Crippen molar-refractivity contribution in [3.63, 3.8) is 0 Å². The number of fused-ring (bicyclic) bond motifs is 2. The van der Waals surface area contributed by atoms with Crippen molar-refractivity contribution in [3.05, 3.63) is 54.6 Å². The van der Waals surface area contributed by atoms with Crippen molar-refractivity contribution in [2.24, 2.45) is 0 Å². The first-order chi connectivity index (χ1) is 14.7. The first-order valence-corrected chi connectivity index (χ1v) is 9.95. The summed E-state index contributed by atoms with van der Waals surface area (Å²) in [4.78, 5) is 13.0. The van der Waals surface area contributed by atoms with Gasteiger partial charge in [-0.25, -0.2) is 9.97 Å². The Hall–Kier alpha value is -3.23. The maximum atomic E-state index is 6.22. The van der Waals surface area contributed by atoms with E-state index in [1.54, 1.807) is 7.11 Å². The van der Waals surface area contributed by atoms with Gasteiger partial charge in [-0.05, 0) is 37.1 Å². The van der Waals surface area contributed by atoms with Crippen LogP contribution >= 0.6 is 0 Å². The molecule has 1 aromatic carbocycles. The second-order valence-electron chi connectivity index (χ2n) is 7.41. The molecule has 0 amide bonds. The molecule has 1 saturated heterocycles. The normalized spacial score (nSPS) is 19.0. The van der Waals surface area contributed by atoms with Crippen molar-refractivity contribution in [2.45, 2.75) is 31.8 Å². The van der Waals surface area contributed by atoms with E-state index in [0.717, 1.165) is 46.2 Å². The number of hydrogen-bond donors (Lipinski definition) is 1. The highest BCUT2D eigenvalue weighted by atomic mass is 16.6. The lowest BCUT2D eigenvalue weighted by atomic mass is 10.2. The van der Waals surface area contributed by atoms with Crippen molar-refractivity contribution >= 4 is 27.8 Å². The van der Waals surface area contributed by atoms with Crippen LogP contribution in [0.15, 0.2) is 48.9 Å². The molecular weight excluding hydrogens is 382 g/mol. The number of hydrogen-bond acceptors (Lipinski definition) is 7. The van der Waals surface area contributed by atoms with Crippen LogP contribution in [0.25, 0.3) is 21.9 Å². The average molecular weight is 405 g/mol. The lowest BCUT2D eigenvalue weighted by molar-refractivity contribution is -0.0156. The van der Waals surface area contributed by atoms with Gasteiger partial charge in [0.1, 0.15) is 36.4 Å². The molecule has 0 aliphatic carbocycles. The van der Waals surface area contributed by atoms with Gasteiger partial charge in [0.25, 0.3) is 0 Å². The lowest BCUT2D eigenvalue weighted by Gasteiger charge is -2.16. The Morgan fingerprint density at radius 1 is 1.17 bits per heavy atom. The third kappa shape index (κ3) is 3.55. The van der Waals surface area contributed by atoms with E-state index in [1.165, 1.54) is 6.33 Å². The smallest absolute Gasteiger partial charge is 0.147 e. The van der Waals surface area contributed by atoms with Crippen LogP contribution in [-0.4, -0.2) is 39.3 Å². The van der Waals surface area contributed by atoms with Gasteiger partial charge < -0.3 is 24.5 Å². The SMILES string of the molecule is COCc1ccc2ccc(OCC3CCC(n4ccc5c(N)ncnc54)O3)cc2n1. The van der Waals surface area contributed by atoms with Crippen molar-refractivity contribution < 1.29 is 14.2 Å². The lowest BCUT2D eigenvalue weighted by Crippen LogP contribution is -2.18. The van der Waals surface area contributed by atoms with Crippen LogP contribution < -0.4 is 10.5 Å². The highest BCUT2D eigenvalue weighted by Gasteiger charge is 2.28. The Balaban J connectivity index is 1.25. The number of pyridine rings is 1. The molecule has 2 atom stereocenters. The maximum Gasteiger partial charge on any atom is 0.147 e. The number of methoxy groups -OCH3 is 1. The predicted octanol–water partition coefficient (Wildman–Crippen LogP) is 3.46. The van der Waals surface area contributed by atoms with E-state index >= 15 is 0 Å². The summed E-state index contributed by atoms with van der Waals surface area (Å²) in [6.45, 7) is 0.971. The number of rotatable bonds is 6. The second-order valence-corrected chi connectivity index (χ2v) is 7.41. The van der Waals surface area contributed by atoms with Crippen LogP contribution in [0, 0.1) is 0 Å². The first-order valence-electron chi connectivity index (χ1n) is 9.95. The zero-order valence-corrected chi connectivity index (χ0v) is 16.7. The minimum atomic E-state index is -0.0831. The summed E-state index contributed by atoms with van der Waals surface area (Å²) in [5, 5.41) is 1.91. The first kappa shape index (κ1) is 18.8. The molecule has 2 unspecified atom stereocenters. The van der Waals surface area contributed by atoms with Gasteiger partial charge in [-0.3, -0.25) is 4.98 Å². The molecular formula is C22H23N5O3. The van der Waals surface area contributed by atoms with Crippen LogP contribution in [0.2, 0.25) is 0 Å². The summed E-state index contributed by atoms with van der Waals surface area (Å²) in [5.74, 6) is 1.26. The summed E-state index contributed by atoms with van der Waals surface area (Å²) >= 11 is 0. The third-order valence-electron chi connectivity index (χ3n) is 5.38. The van der Waals surface area contributed by atoms with Gasteiger partial charge >= 0.3 is 0 Å². The van der Waals surface area contributed by atoms with Gasteiger partial charge in [-0.1, -0.05) is 6.07 Å². The van der Waals surface area contributed by atoms with Crippen LogP contribution in [-0.2, 0) is 16.1 Å². The molecule has 1 aliphatic rings. The highest BCUT2D eigenvalue weighted by Crippen LogP contribution is 2.32. The second kappa shape index (κ2) is 7.89. The maximum absolute atomic E-state index is 6.22. The summed E-state index contributed by atoms with van der Waals surface area (Å²) in [5.41, 5.74) is 8.52. The fourth-order valence-corrected chi connectivity index (χ4v) is 3.88. The number of ether oxygens (including phenoxy) is 3. The Morgan fingerprint density at radius 2 is 2.07 bits per heavy atom. The van der Waals surface area contributed by atoms with Gasteiger partial charge in [-0.2, -0.15) is 0 Å². The van der Waals surface area contributed by atoms with E-state index in [9.17, 15) is 0 Å². The molecule has 4 aromatic rings. The quantitative estimate of drug-likeness (QED) is 0.524. The molecule has 8 nitrogen and oxygen atoms in total. The van der Waals surface area contributed by atoms with Gasteiger partial charge in [0.2, 0.25) is 0 Å². The number of benzene rings is 1. The van der Waals surface area contributed by atoms with E-state index in [0.29, 0.717) is 19.0 Å². The molecule has 30 heavy (non-hydrogen) atoms. The zero-order chi connectivity index (χ0) is 20.5. The molecule has 3 aromatic heterocycles. The molecule has 1 aliphatic heterocycles. The largest absolute Gasteiger partial charge is 0.491 e. The van der Waals surface area contributed by atoms with Gasteiger partial charge in [-0.15, -0.1) is 0 Å². The molecule has 0 bridgehead atoms. The van der Waals surface area contributed by atoms with Crippen LogP contribution in [0.3, 0.4) is 0 Å². The Labute approximate surface area is 173 Å². The number of nitrogens with two attached hydrogens (primary N) is 1. The van der Waals surface area contributed by atoms with E-state index in [-0.39, 0.29) is 12.3 Å². The van der Waals surface area contributed by atoms with Gasteiger partial charge in [0, 0.05) is 24.8 Å². The number of nitrogens with zero attached hydrogens (tertiary/aromatic N) is 4. The summed E-state index contributed by atoms with van der Waals surface area (Å²) < 4.78 is 19.4. The summed E-state index contributed by atoms with van der Waals surface area (Å²) in [6.07, 6.45) is 5.16. The number of nitrogen functional groups attached to an aromatic ring is 1. The molecule has 154 valence electrons. The van der Waals surface area contributed by atoms with Crippen molar-refractivity contribution in [3.8, 4) is 5.75 Å². The molecule has 0 saturated carbocycles. The van der Waals surface area contributed by atoms with E-state index < -0.39 is 0 Å². The monoisotopic (exact) mass is 405 g/mol. The van der Waals surface area contributed by atoms with Crippen LogP contribution in [0.5, 0.6) is 5.75 Å². The minimum absolute atomic E-state index is 0.00937. The average Bonchev–Trinajstić information content (AvgIpc) is 3.40. The highest BCUT2D eigenvalue weighted by molar-refractivity contribution is 5.86. The molecule has 2 N–H and O–H groups in total. The summed E-state index contributed by atoms with van der Waals surface area (Å²) in [7, 11) is 1.67. The van der Waals surface area contributed by atoms with Crippen LogP contribution in [0.4, 0.5) is 5.82 Å². The minimum Gasteiger partial charge on any atom is -0.491 e. The predicted molar refractivity (Wildman–Crippen MR) is 113 cm³/mol. The van der Waals surface area contributed by atoms with Crippen molar-refractivity contribution in [2.75, 3.05) is 19.5 Å². The van der Waals surface area contributed by atoms with E-state index in [2.05, 4.69) is 15.0 Å². The molecule has 1 fully saturated rings. The van der Waals surface area contributed by atoms with Gasteiger partial charge in [0.05, 0.1) is 29.3 Å². The van der Waals surface area contributed by atoms with Crippen molar-refractivity contribution in [1.82, 2.24) is 19.5 Å². The Bertz CT molecular complexity index is 1190. The molecule has 4 heterocycles. The van der Waals surface area contributed by atoms with Crippen LogP contribution in [0.1, 0.15) is 24.8 Å². The van der Waals surface area contributed by atoms with E-state index in [1.807, 2.05) is 47.2 Å². The molecule has 8 heteroatoms. The zero-order valence-electron chi connectivity index (χ0n) is 16.7. The fraction of sp³-hybridized carbons (Fsp3) is 0.318. The summed E-state index contributed by atoms with van der Waals surface area (Å²) in [6, 6.07) is 11.9. The fourth-order valence-electron chi connectivity index (χ4n) is 3.88. The van der Waals surface area contributed by atoms with Crippen molar-refractivity contribution in [1.29, 1.82) is 0 Å². The van der Waals surface area contributed by atoms with E-state index in [4.69, 9.17) is 19.9 Å². The molecule has 0 radical (unpaired) electrons.